The number of nitrogens with one attached hydrogen (secondary N) is 1. The summed E-state index contributed by atoms with van der Waals surface area (Å²) in [4.78, 5) is 13.4. The summed E-state index contributed by atoms with van der Waals surface area (Å²) < 4.78 is 4.62. The molecule has 13 heavy (non-hydrogen) atoms. The molecule has 74 valence electrons. The summed E-state index contributed by atoms with van der Waals surface area (Å²) in [6, 6.07) is 0. The third-order valence-electron chi connectivity index (χ3n) is 1.35. The van der Waals surface area contributed by atoms with Gasteiger partial charge in [0.05, 0.1) is 0 Å². The van der Waals surface area contributed by atoms with E-state index < -0.39 is 0 Å². The highest BCUT2D eigenvalue weighted by atomic mass is 16.5. The smallest absolute Gasteiger partial charge is 0.245 e. The molecule has 6 nitrogen and oxygen atoms in total. The van der Waals surface area contributed by atoms with Crippen molar-refractivity contribution in [2.45, 2.75) is 12.8 Å². The average Bonchev–Trinajstić information content (AvgIpc) is 2.11. The molecule has 0 aliphatic heterocycles. The molecule has 0 aliphatic carbocycles. The Morgan fingerprint density at radius 2 is 2.38 bits per heavy atom. The molecule has 0 radical (unpaired) electrons. The van der Waals surface area contributed by atoms with Crippen molar-refractivity contribution in [2.75, 3.05) is 26.8 Å². The number of carbonyl (C=O) groups is 1. The molecule has 1 N–H and O–H groups in total. The fraction of sp³-hybridized carbons (Fsp3) is 0.857. The molecule has 0 rings (SSSR count). The molecule has 0 aromatic rings. The second kappa shape index (κ2) is 8.83. The first kappa shape index (κ1) is 11.7. The van der Waals surface area contributed by atoms with Crippen molar-refractivity contribution in [3.8, 4) is 0 Å². The number of amides is 1. The molecule has 0 saturated heterocycles. The molecule has 6 heteroatoms. The van der Waals surface area contributed by atoms with E-state index in [-0.39, 0.29) is 12.5 Å². The van der Waals surface area contributed by atoms with Crippen LogP contribution in [0.3, 0.4) is 0 Å². The minimum absolute atomic E-state index is 0.0936. The Labute approximate surface area is 76.9 Å². The molecule has 0 aromatic carbocycles. The van der Waals surface area contributed by atoms with Gasteiger partial charge in [0, 0.05) is 25.1 Å². The highest BCUT2D eigenvalue weighted by Crippen LogP contribution is 1.87. The summed E-state index contributed by atoms with van der Waals surface area (Å²) in [5.74, 6) is -0.119. The molecule has 0 spiro atoms. The number of hydrogen-bond acceptors (Lipinski definition) is 3. The van der Waals surface area contributed by atoms with Crippen LogP contribution in [0.1, 0.15) is 12.8 Å². The Hall–Kier alpha value is -1.26. The SMILES string of the molecule is COCC(=O)NCCCCN=[N+]=[N-]. The zero-order valence-electron chi connectivity index (χ0n) is 7.69. The van der Waals surface area contributed by atoms with Crippen LogP contribution in [0.25, 0.3) is 10.4 Å². The topological polar surface area (TPSA) is 87.1 Å². The van der Waals surface area contributed by atoms with Crippen LogP contribution in [0.15, 0.2) is 5.11 Å². The second-order valence-corrected chi connectivity index (χ2v) is 2.44. The van der Waals surface area contributed by atoms with Gasteiger partial charge in [-0.25, -0.2) is 0 Å². The Kier molecular flexibility index (Phi) is 7.98. The van der Waals surface area contributed by atoms with E-state index in [2.05, 4.69) is 20.1 Å². The van der Waals surface area contributed by atoms with Gasteiger partial charge in [-0.1, -0.05) is 5.11 Å². The van der Waals surface area contributed by atoms with Gasteiger partial charge < -0.3 is 10.1 Å². The second-order valence-electron chi connectivity index (χ2n) is 2.44. The third-order valence-corrected chi connectivity index (χ3v) is 1.35. The van der Waals surface area contributed by atoms with Crippen LogP contribution in [0, 0.1) is 0 Å². The van der Waals surface area contributed by atoms with Gasteiger partial charge in [0.1, 0.15) is 6.61 Å². The number of azide groups is 1. The molecule has 0 bridgehead atoms. The van der Waals surface area contributed by atoms with Crippen LogP contribution in [0.2, 0.25) is 0 Å². The summed E-state index contributed by atoms with van der Waals surface area (Å²) in [5.41, 5.74) is 7.95. The fourth-order valence-corrected chi connectivity index (χ4v) is 0.762. The van der Waals surface area contributed by atoms with E-state index in [1.807, 2.05) is 0 Å². The molecule has 0 fully saturated rings. The minimum Gasteiger partial charge on any atom is -0.375 e. The monoisotopic (exact) mass is 186 g/mol. The van der Waals surface area contributed by atoms with Crippen LogP contribution < -0.4 is 5.32 Å². The molecule has 0 heterocycles. The van der Waals surface area contributed by atoms with Gasteiger partial charge in [0.2, 0.25) is 5.91 Å². The normalized spacial score (nSPS) is 9.00. The van der Waals surface area contributed by atoms with E-state index >= 15 is 0 Å². The van der Waals surface area contributed by atoms with Gasteiger partial charge in [0.15, 0.2) is 0 Å². The van der Waals surface area contributed by atoms with E-state index in [0.29, 0.717) is 13.1 Å². The first-order chi connectivity index (χ1) is 6.31. The Balaban J connectivity index is 3.15. The van der Waals surface area contributed by atoms with Crippen molar-refractivity contribution >= 4 is 5.91 Å². The lowest BCUT2D eigenvalue weighted by Crippen LogP contribution is -2.27. The van der Waals surface area contributed by atoms with Crippen LogP contribution >= 0.6 is 0 Å². The maximum atomic E-state index is 10.8. The molecule has 0 aromatic heterocycles. The first-order valence-corrected chi connectivity index (χ1v) is 4.07. The molecular weight excluding hydrogens is 172 g/mol. The van der Waals surface area contributed by atoms with E-state index in [1.54, 1.807) is 0 Å². The standard InChI is InChI=1S/C7H14N4O2/c1-13-6-7(12)9-4-2-3-5-10-11-8/h2-6H2,1H3,(H,9,12). The quantitative estimate of drug-likeness (QED) is 0.276. The zero-order chi connectivity index (χ0) is 9.94. The molecular formula is C7H14N4O2. The Morgan fingerprint density at radius 1 is 1.62 bits per heavy atom. The van der Waals surface area contributed by atoms with Crippen molar-refractivity contribution in [3.63, 3.8) is 0 Å². The van der Waals surface area contributed by atoms with E-state index in [1.165, 1.54) is 7.11 Å². The molecule has 0 aliphatic rings. The predicted molar refractivity (Wildman–Crippen MR) is 48.1 cm³/mol. The number of methoxy groups -OCH3 is 1. The Morgan fingerprint density at radius 3 is 3.00 bits per heavy atom. The number of unbranched alkanes of at least 4 members (excludes halogenated alkanes) is 1. The summed E-state index contributed by atoms with van der Waals surface area (Å²) in [6.45, 7) is 1.18. The van der Waals surface area contributed by atoms with Crippen LogP contribution in [0.4, 0.5) is 0 Å². The number of rotatable bonds is 7. The molecule has 1 amide bonds. The number of carbonyl (C=O) groups excluding carboxylic acids is 1. The van der Waals surface area contributed by atoms with Crippen LogP contribution in [0.5, 0.6) is 0 Å². The lowest BCUT2D eigenvalue weighted by atomic mass is 10.3. The highest BCUT2D eigenvalue weighted by molar-refractivity contribution is 5.77. The van der Waals surface area contributed by atoms with Crippen LogP contribution in [-0.4, -0.2) is 32.7 Å². The van der Waals surface area contributed by atoms with Crippen LogP contribution in [-0.2, 0) is 9.53 Å². The van der Waals surface area contributed by atoms with Crippen molar-refractivity contribution < 1.29 is 9.53 Å². The molecule has 0 saturated carbocycles. The number of ether oxygens (including phenoxy) is 1. The lowest BCUT2D eigenvalue weighted by Gasteiger charge is -2.02. The van der Waals surface area contributed by atoms with Gasteiger partial charge in [-0.15, -0.1) is 0 Å². The summed E-state index contributed by atoms with van der Waals surface area (Å²) in [6.07, 6.45) is 1.60. The van der Waals surface area contributed by atoms with Crippen molar-refractivity contribution in [2.24, 2.45) is 5.11 Å². The predicted octanol–water partition coefficient (Wildman–Crippen LogP) is 0.839. The van der Waals surface area contributed by atoms with Gasteiger partial charge in [-0.2, -0.15) is 0 Å². The largest absolute Gasteiger partial charge is 0.375 e. The summed E-state index contributed by atoms with van der Waals surface area (Å²) in [5, 5.41) is 6.03. The average molecular weight is 186 g/mol. The Bertz CT molecular complexity index is 189. The maximum Gasteiger partial charge on any atom is 0.245 e. The zero-order valence-corrected chi connectivity index (χ0v) is 7.69. The first-order valence-electron chi connectivity index (χ1n) is 4.07. The van der Waals surface area contributed by atoms with E-state index in [0.717, 1.165) is 12.8 Å². The summed E-state index contributed by atoms with van der Waals surface area (Å²) in [7, 11) is 1.47. The maximum absolute atomic E-state index is 10.8. The number of nitrogens with zero attached hydrogens (tertiary/aromatic N) is 3. The highest BCUT2D eigenvalue weighted by Gasteiger charge is 1.96. The minimum atomic E-state index is -0.119. The van der Waals surface area contributed by atoms with E-state index in [9.17, 15) is 4.79 Å². The lowest BCUT2D eigenvalue weighted by molar-refractivity contribution is -0.124. The molecule has 0 atom stereocenters. The van der Waals surface area contributed by atoms with Gasteiger partial charge in [0.25, 0.3) is 0 Å². The fourth-order valence-electron chi connectivity index (χ4n) is 0.762. The van der Waals surface area contributed by atoms with Gasteiger partial charge >= 0.3 is 0 Å². The third kappa shape index (κ3) is 8.65. The van der Waals surface area contributed by atoms with Crippen molar-refractivity contribution in [1.29, 1.82) is 0 Å². The van der Waals surface area contributed by atoms with E-state index in [4.69, 9.17) is 5.53 Å². The van der Waals surface area contributed by atoms with Crippen molar-refractivity contribution in [1.82, 2.24) is 5.32 Å². The number of hydrogen-bond donors (Lipinski definition) is 1. The molecule has 0 unspecified atom stereocenters. The van der Waals surface area contributed by atoms with Crippen molar-refractivity contribution in [3.05, 3.63) is 10.4 Å². The summed E-state index contributed by atoms with van der Waals surface area (Å²) >= 11 is 0. The van der Waals surface area contributed by atoms with Gasteiger partial charge in [-0.3, -0.25) is 4.79 Å². The van der Waals surface area contributed by atoms with Gasteiger partial charge in [-0.05, 0) is 18.4 Å².